The maximum atomic E-state index is 13.9. The molecule has 0 amide bonds. The van der Waals surface area contributed by atoms with E-state index < -0.39 is 11.3 Å². The fourth-order valence-corrected chi connectivity index (χ4v) is 3.86. The number of phenolic OH excluding ortho intramolecular Hbond substituents is 1. The third-order valence-electron chi connectivity index (χ3n) is 5.00. The fourth-order valence-electron chi connectivity index (χ4n) is 3.54. The molecule has 1 saturated carbocycles. The van der Waals surface area contributed by atoms with Gasteiger partial charge in [-0.15, -0.1) is 0 Å². The van der Waals surface area contributed by atoms with E-state index in [4.69, 9.17) is 20.8 Å². The molecule has 2 aromatic carbocycles. The molecule has 1 aliphatic rings. The minimum absolute atomic E-state index is 0.00763. The largest absolute Gasteiger partial charge is 0.508 e. The van der Waals surface area contributed by atoms with Crippen molar-refractivity contribution in [3.8, 4) is 11.5 Å². The summed E-state index contributed by atoms with van der Waals surface area (Å²) in [6.07, 6.45) is 2.05. The van der Waals surface area contributed by atoms with E-state index in [2.05, 4.69) is 0 Å². The molecule has 26 heavy (non-hydrogen) atoms. The molecule has 0 radical (unpaired) electrons. The van der Waals surface area contributed by atoms with Crippen molar-refractivity contribution in [3.05, 3.63) is 45.8 Å². The molecule has 0 aliphatic heterocycles. The van der Waals surface area contributed by atoms with Gasteiger partial charge in [-0.2, -0.15) is 0 Å². The molecule has 0 saturated heterocycles. The molecule has 0 bridgehead atoms. The number of ether oxygens (including phenoxy) is 1. The Kier molecular flexibility index (Phi) is 4.07. The summed E-state index contributed by atoms with van der Waals surface area (Å²) in [4.78, 5) is 12.4. The lowest BCUT2D eigenvalue weighted by Crippen LogP contribution is -2.31. The quantitative estimate of drug-likeness (QED) is 0.483. The van der Waals surface area contributed by atoms with Crippen molar-refractivity contribution in [3.63, 3.8) is 0 Å². The van der Waals surface area contributed by atoms with Crippen molar-refractivity contribution in [2.24, 2.45) is 0 Å². The van der Waals surface area contributed by atoms with Crippen molar-refractivity contribution in [1.29, 1.82) is 0 Å². The van der Waals surface area contributed by atoms with Crippen molar-refractivity contribution in [2.45, 2.75) is 44.4 Å². The molecule has 0 unspecified atom stereocenters. The Morgan fingerprint density at radius 3 is 2.69 bits per heavy atom. The zero-order valence-corrected chi connectivity index (χ0v) is 15.0. The van der Waals surface area contributed by atoms with Gasteiger partial charge >= 0.3 is 5.63 Å². The Morgan fingerprint density at radius 2 is 1.96 bits per heavy atom. The van der Waals surface area contributed by atoms with Gasteiger partial charge in [0.2, 0.25) is 0 Å². The van der Waals surface area contributed by atoms with Crippen LogP contribution in [0.15, 0.2) is 39.5 Å². The highest BCUT2D eigenvalue weighted by molar-refractivity contribution is 6.37. The second kappa shape index (κ2) is 6.16. The van der Waals surface area contributed by atoms with Gasteiger partial charge in [-0.3, -0.25) is 0 Å². The smallest absolute Gasteiger partial charge is 0.344 e. The van der Waals surface area contributed by atoms with Crippen LogP contribution in [-0.4, -0.2) is 16.9 Å². The van der Waals surface area contributed by atoms with Crippen molar-refractivity contribution >= 4 is 33.3 Å². The normalized spacial score (nSPS) is 23.4. The first-order valence-electron chi connectivity index (χ1n) is 8.57. The number of alkyl halides is 1. The van der Waals surface area contributed by atoms with Gasteiger partial charge in [0, 0.05) is 16.8 Å². The van der Waals surface area contributed by atoms with Gasteiger partial charge < -0.3 is 14.3 Å². The van der Waals surface area contributed by atoms with Gasteiger partial charge in [0.05, 0.1) is 16.5 Å². The monoisotopic (exact) mass is 376 g/mol. The summed E-state index contributed by atoms with van der Waals surface area (Å²) in [5.41, 5.74) is -1.41. The number of halogens is 2. The minimum atomic E-state index is -1.13. The molecule has 4 nitrogen and oxygen atoms in total. The number of benzene rings is 2. The first-order valence-corrected chi connectivity index (χ1v) is 8.95. The number of hydrogen-bond donors (Lipinski definition) is 1. The van der Waals surface area contributed by atoms with E-state index in [1.165, 1.54) is 12.1 Å². The maximum absolute atomic E-state index is 13.9. The van der Waals surface area contributed by atoms with Crippen LogP contribution in [0.4, 0.5) is 4.39 Å². The Labute approximate surface area is 154 Å². The van der Waals surface area contributed by atoms with E-state index in [1.807, 2.05) is 0 Å². The van der Waals surface area contributed by atoms with Gasteiger partial charge in [-0.05, 0) is 56.9 Å². The topological polar surface area (TPSA) is 59.7 Å². The summed E-state index contributed by atoms with van der Waals surface area (Å²) in [5.74, 6) is 0.480. The van der Waals surface area contributed by atoms with Crippen LogP contribution in [0.3, 0.4) is 0 Å². The SMILES string of the molecule is CC1(F)CCC(Oc2cc(Cl)c3c(c2)c(=O)oc2cc(O)ccc23)CC1. The summed E-state index contributed by atoms with van der Waals surface area (Å²) < 4.78 is 25.2. The molecule has 1 aliphatic carbocycles. The van der Waals surface area contributed by atoms with Gasteiger partial charge in [0.15, 0.2) is 0 Å². The van der Waals surface area contributed by atoms with Crippen LogP contribution in [0.25, 0.3) is 21.7 Å². The Bertz CT molecular complexity index is 1050. The van der Waals surface area contributed by atoms with Crippen LogP contribution in [0.1, 0.15) is 32.6 Å². The highest BCUT2D eigenvalue weighted by Crippen LogP contribution is 2.37. The van der Waals surface area contributed by atoms with Crippen LogP contribution in [0.5, 0.6) is 11.5 Å². The lowest BCUT2D eigenvalue weighted by Gasteiger charge is -2.31. The molecular formula is C20H18ClFO4. The van der Waals surface area contributed by atoms with Gasteiger partial charge in [-0.1, -0.05) is 11.6 Å². The molecule has 1 heterocycles. The molecule has 0 atom stereocenters. The Hall–Kier alpha value is -2.27. The van der Waals surface area contributed by atoms with E-state index in [0.29, 0.717) is 52.6 Å². The van der Waals surface area contributed by atoms with Gasteiger partial charge in [-0.25, -0.2) is 9.18 Å². The lowest BCUT2D eigenvalue weighted by molar-refractivity contribution is 0.0580. The molecule has 136 valence electrons. The highest BCUT2D eigenvalue weighted by Gasteiger charge is 2.31. The number of phenols is 1. The molecule has 3 aromatic rings. The minimum Gasteiger partial charge on any atom is -0.508 e. The van der Waals surface area contributed by atoms with Crippen LogP contribution < -0.4 is 10.4 Å². The first kappa shape index (κ1) is 17.2. The van der Waals surface area contributed by atoms with Crippen LogP contribution in [0.2, 0.25) is 5.02 Å². The fraction of sp³-hybridized carbons (Fsp3) is 0.350. The summed E-state index contributed by atoms with van der Waals surface area (Å²) in [6.45, 7) is 1.62. The van der Waals surface area contributed by atoms with E-state index in [9.17, 15) is 14.3 Å². The van der Waals surface area contributed by atoms with Crippen LogP contribution >= 0.6 is 11.6 Å². The molecule has 1 aromatic heterocycles. The number of rotatable bonds is 2. The number of aromatic hydroxyl groups is 1. The molecule has 1 N–H and O–H groups in total. The van der Waals surface area contributed by atoms with Crippen LogP contribution in [0, 0.1) is 0 Å². The van der Waals surface area contributed by atoms with E-state index in [0.717, 1.165) is 0 Å². The Balaban J connectivity index is 1.75. The molecule has 4 rings (SSSR count). The standard InChI is InChI=1S/C20H18ClFO4/c1-20(22)6-4-12(5-7-20)25-13-9-15-18(16(21)10-13)14-3-2-11(23)8-17(14)26-19(15)24/h2-3,8-10,12,23H,4-7H2,1H3. The maximum Gasteiger partial charge on any atom is 0.344 e. The Morgan fingerprint density at radius 1 is 1.23 bits per heavy atom. The number of hydrogen-bond acceptors (Lipinski definition) is 4. The molecule has 0 spiro atoms. The highest BCUT2D eigenvalue weighted by atomic mass is 35.5. The molecule has 6 heteroatoms. The second-order valence-corrected chi connectivity index (χ2v) is 7.54. The summed E-state index contributed by atoms with van der Waals surface area (Å²) >= 11 is 6.43. The predicted octanol–water partition coefficient (Wildman–Crippen LogP) is 5.35. The van der Waals surface area contributed by atoms with Crippen molar-refractivity contribution < 1.29 is 18.7 Å². The zero-order chi connectivity index (χ0) is 18.5. The summed E-state index contributed by atoms with van der Waals surface area (Å²) in [6, 6.07) is 7.83. The van der Waals surface area contributed by atoms with E-state index >= 15 is 0 Å². The lowest BCUT2D eigenvalue weighted by atomic mass is 9.86. The molecule has 1 fully saturated rings. The molecular weight excluding hydrogens is 359 g/mol. The average molecular weight is 377 g/mol. The third kappa shape index (κ3) is 3.12. The van der Waals surface area contributed by atoms with Crippen LogP contribution in [-0.2, 0) is 0 Å². The van der Waals surface area contributed by atoms with Crippen molar-refractivity contribution in [1.82, 2.24) is 0 Å². The van der Waals surface area contributed by atoms with Crippen molar-refractivity contribution in [2.75, 3.05) is 0 Å². The zero-order valence-electron chi connectivity index (χ0n) is 14.2. The van der Waals surface area contributed by atoms with Gasteiger partial charge in [0.1, 0.15) is 22.8 Å². The van der Waals surface area contributed by atoms with E-state index in [-0.39, 0.29) is 17.4 Å². The second-order valence-electron chi connectivity index (χ2n) is 7.13. The number of fused-ring (bicyclic) bond motifs is 3. The summed E-state index contributed by atoms with van der Waals surface area (Å²) in [7, 11) is 0. The van der Waals surface area contributed by atoms with E-state index in [1.54, 1.807) is 25.1 Å². The average Bonchev–Trinajstić information content (AvgIpc) is 2.57. The predicted molar refractivity (Wildman–Crippen MR) is 99.1 cm³/mol. The summed E-state index contributed by atoms with van der Waals surface area (Å²) in [5, 5.41) is 11.5. The van der Waals surface area contributed by atoms with Gasteiger partial charge in [0.25, 0.3) is 0 Å². The first-order chi connectivity index (χ1) is 12.3. The third-order valence-corrected chi connectivity index (χ3v) is 5.30.